The molecule has 4 aromatic carbocycles. The fourth-order valence-electron chi connectivity index (χ4n) is 5.27. The summed E-state index contributed by atoms with van der Waals surface area (Å²) in [5.41, 5.74) is 9.60. The molecule has 0 unspecified atom stereocenters. The third-order valence-corrected chi connectivity index (χ3v) is 7.43. The smallest absolute Gasteiger partial charge is 0.216 e. The molecule has 44 heavy (non-hydrogen) atoms. The second kappa shape index (κ2) is 12.7. The van der Waals surface area contributed by atoms with E-state index in [0.29, 0.717) is 5.71 Å². The Hall–Kier alpha value is -4.96. The van der Waals surface area contributed by atoms with Gasteiger partial charge in [0.15, 0.2) is 0 Å². The number of aromatic nitrogens is 3. The number of nitrogens with zero attached hydrogens (tertiary/aromatic N) is 3. The molecule has 4 aromatic heterocycles. The zero-order valence-electron chi connectivity index (χ0n) is 24.2. The van der Waals surface area contributed by atoms with Crippen LogP contribution < -0.4 is 0 Å². The van der Waals surface area contributed by atoms with E-state index in [-0.39, 0.29) is 20.1 Å². The molecule has 4 heterocycles. The van der Waals surface area contributed by atoms with Gasteiger partial charge in [0.1, 0.15) is 0 Å². The number of furan rings is 1. The molecule has 0 amide bonds. The van der Waals surface area contributed by atoms with Crippen molar-refractivity contribution in [3.05, 3.63) is 151 Å². The third kappa shape index (κ3) is 5.93. The molecule has 8 aromatic rings. The summed E-state index contributed by atoms with van der Waals surface area (Å²) in [5.74, 6) is 0. The number of benzene rings is 4. The van der Waals surface area contributed by atoms with E-state index in [1.807, 2.05) is 79.9 Å². The maximum atomic E-state index is 6.15. The second-order valence-corrected chi connectivity index (χ2v) is 10.5. The maximum Gasteiger partial charge on any atom is 0.216 e. The van der Waals surface area contributed by atoms with Crippen LogP contribution in [0.2, 0.25) is 0 Å². The van der Waals surface area contributed by atoms with Gasteiger partial charge in [-0.15, -0.1) is 54.1 Å². The number of rotatable bonds is 3. The number of hydrogen-bond acceptors (Lipinski definition) is 4. The summed E-state index contributed by atoms with van der Waals surface area (Å²) in [4.78, 5) is 13.4. The Bertz CT molecular complexity index is 2170. The zero-order valence-corrected chi connectivity index (χ0v) is 26.6. The van der Waals surface area contributed by atoms with E-state index in [9.17, 15) is 0 Å². The van der Waals surface area contributed by atoms with Crippen molar-refractivity contribution in [1.82, 2.24) is 15.0 Å². The molecule has 4 nitrogen and oxygen atoms in total. The normalized spacial score (nSPS) is 10.8. The molecule has 0 aliphatic rings. The molecule has 0 atom stereocenters. The molecule has 8 rings (SSSR count). The molecule has 0 saturated carbocycles. The molecule has 5 heteroatoms. The average molecular weight is 746 g/mol. The van der Waals surface area contributed by atoms with Crippen LogP contribution in [0.1, 0.15) is 11.3 Å². The topological polar surface area (TPSA) is 51.8 Å². The van der Waals surface area contributed by atoms with Gasteiger partial charge in [-0.05, 0) is 77.5 Å². The van der Waals surface area contributed by atoms with E-state index < -0.39 is 0 Å². The molecular formula is C39H27IrN3O-2. The molecule has 0 bridgehead atoms. The summed E-state index contributed by atoms with van der Waals surface area (Å²) in [6.07, 6.45) is 3.64. The fourth-order valence-corrected chi connectivity index (χ4v) is 5.27. The summed E-state index contributed by atoms with van der Waals surface area (Å²) in [6.45, 7) is 4.09. The Morgan fingerprint density at radius 3 is 2.27 bits per heavy atom. The van der Waals surface area contributed by atoms with Crippen LogP contribution in [0.25, 0.3) is 66.5 Å². The van der Waals surface area contributed by atoms with E-state index in [0.717, 1.165) is 55.7 Å². The van der Waals surface area contributed by atoms with Gasteiger partial charge < -0.3 is 14.4 Å². The van der Waals surface area contributed by atoms with Crippen molar-refractivity contribution in [2.75, 3.05) is 0 Å². The van der Waals surface area contributed by atoms with Gasteiger partial charge in [-0.25, -0.2) is 4.98 Å². The van der Waals surface area contributed by atoms with Crippen molar-refractivity contribution < 1.29 is 24.5 Å². The van der Waals surface area contributed by atoms with Crippen LogP contribution in [0.4, 0.5) is 0 Å². The second-order valence-electron chi connectivity index (χ2n) is 10.5. The predicted molar refractivity (Wildman–Crippen MR) is 175 cm³/mol. The first kappa shape index (κ1) is 29.1. The molecule has 0 N–H and O–H groups in total. The monoisotopic (exact) mass is 746 g/mol. The summed E-state index contributed by atoms with van der Waals surface area (Å²) in [6, 6.07) is 45.4. The number of pyridine rings is 3. The Balaban J connectivity index is 0.000000222. The minimum Gasteiger partial charge on any atom is -0.486 e. The Labute approximate surface area is 269 Å². The minimum atomic E-state index is 0. The molecule has 0 saturated heterocycles. The minimum absolute atomic E-state index is 0. The third-order valence-electron chi connectivity index (χ3n) is 7.43. The summed E-state index contributed by atoms with van der Waals surface area (Å²) >= 11 is 0. The summed E-state index contributed by atoms with van der Waals surface area (Å²) in [7, 11) is 0. The summed E-state index contributed by atoms with van der Waals surface area (Å²) < 4.78 is 6.15. The molecule has 0 spiro atoms. The summed E-state index contributed by atoms with van der Waals surface area (Å²) in [5, 5.41) is 4.52. The van der Waals surface area contributed by atoms with Crippen molar-refractivity contribution in [2.24, 2.45) is 0 Å². The van der Waals surface area contributed by atoms with Crippen LogP contribution in [-0.4, -0.2) is 15.0 Å². The van der Waals surface area contributed by atoms with Gasteiger partial charge in [0.2, 0.25) is 5.71 Å². The Morgan fingerprint density at radius 1 is 0.614 bits per heavy atom. The van der Waals surface area contributed by atoms with Crippen molar-refractivity contribution >= 4 is 32.8 Å². The first-order chi connectivity index (χ1) is 21.1. The van der Waals surface area contributed by atoms with Gasteiger partial charge in [0.25, 0.3) is 0 Å². The van der Waals surface area contributed by atoms with E-state index in [4.69, 9.17) is 4.42 Å². The van der Waals surface area contributed by atoms with Crippen LogP contribution in [0.5, 0.6) is 0 Å². The van der Waals surface area contributed by atoms with Crippen molar-refractivity contribution in [3.8, 4) is 33.6 Å². The standard InChI is InChI=1S/C28H19N2O.C11H8N.Ir/c1-17-6-8-20-15-21(10-9-19(20)14-17)22-12-13-29-26(16-22)25-5-3-4-23-24-11-7-18(2)30-28(24)31-27(23)25;1-2-6-10(7-3-1)11-8-4-5-9-12-11;/h3-4,6-16H,1-2H3;1-6,8-9H;/q2*-1;. The quantitative estimate of drug-likeness (QED) is 0.169. The molecule has 0 fully saturated rings. The Kier molecular flexibility index (Phi) is 8.42. The van der Waals surface area contributed by atoms with Crippen LogP contribution in [0.3, 0.4) is 0 Å². The van der Waals surface area contributed by atoms with Crippen molar-refractivity contribution in [2.45, 2.75) is 13.8 Å². The first-order valence-electron chi connectivity index (χ1n) is 14.2. The molecule has 0 aliphatic heterocycles. The first-order valence-corrected chi connectivity index (χ1v) is 14.2. The van der Waals surface area contributed by atoms with Crippen molar-refractivity contribution in [1.29, 1.82) is 0 Å². The van der Waals surface area contributed by atoms with Crippen LogP contribution >= 0.6 is 0 Å². The number of hydrogen-bond donors (Lipinski definition) is 0. The van der Waals surface area contributed by atoms with Crippen molar-refractivity contribution in [3.63, 3.8) is 0 Å². The molecule has 0 aliphatic carbocycles. The van der Waals surface area contributed by atoms with Gasteiger partial charge >= 0.3 is 0 Å². The van der Waals surface area contributed by atoms with E-state index in [2.05, 4.69) is 82.5 Å². The largest absolute Gasteiger partial charge is 0.486 e. The van der Waals surface area contributed by atoms with Crippen LogP contribution in [0, 0.1) is 26.0 Å². The van der Waals surface area contributed by atoms with E-state index >= 15 is 0 Å². The van der Waals surface area contributed by atoms with Gasteiger partial charge in [-0.3, -0.25) is 0 Å². The van der Waals surface area contributed by atoms with Gasteiger partial charge in [-0.1, -0.05) is 65.0 Å². The fraction of sp³-hybridized carbons (Fsp3) is 0.0513. The number of fused-ring (bicyclic) bond motifs is 4. The molecular weight excluding hydrogens is 719 g/mol. The Morgan fingerprint density at radius 2 is 1.43 bits per heavy atom. The SMILES string of the molecule is Cc1ccc2cc(-c3ccnc(-c4[c-]ccc5c4oc4nc(C)ccc45)c3)ccc2c1.[Ir].[c-]1ccccc1-c1ccccn1. The van der Waals surface area contributed by atoms with Crippen LogP contribution in [0.15, 0.2) is 132 Å². The van der Waals surface area contributed by atoms with E-state index in [1.54, 1.807) is 6.20 Å². The molecule has 1 radical (unpaired) electrons. The average Bonchev–Trinajstić information content (AvgIpc) is 3.43. The van der Waals surface area contributed by atoms with Gasteiger partial charge in [-0.2, -0.15) is 0 Å². The zero-order chi connectivity index (χ0) is 29.2. The predicted octanol–water partition coefficient (Wildman–Crippen LogP) is 9.83. The van der Waals surface area contributed by atoms with E-state index in [1.165, 1.54) is 16.3 Å². The van der Waals surface area contributed by atoms with Crippen LogP contribution in [-0.2, 0) is 20.1 Å². The van der Waals surface area contributed by atoms with Gasteiger partial charge in [0, 0.05) is 43.6 Å². The maximum absolute atomic E-state index is 6.15. The van der Waals surface area contributed by atoms with Gasteiger partial charge in [0.05, 0.1) is 5.58 Å². The molecule has 215 valence electrons. The number of aryl methyl sites for hydroxylation is 2.